The third kappa shape index (κ3) is 5.37. The van der Waals surface area contributed by atoms with Crippen LogP contribution in [0.1, 0.15) is 13.8 Å². The summed E-state index contributed by atoms with van der Waals surface area (Å²) in [7, 11) is 0. The lowest BCUT2D eigenvalue weighted by atomic mass is 10.1. The second-order valence-electron chi connectivity index (χ2n) is 4.32. The minimum atomic E-state index is -0.313. The van der Waals surface area contributed by atoms with Crippen LogP contribution >= 0.6 is 11.8 Å². The van der Waals surface area contributed by atoms with Crippen LogP contribution in [0, 0.1) is 5.82 Å². The van der Waals surface area contributed by atoms with E-state index < -0.39 is 0 Å². The second-order valence-corrected chi connectivity index (χ2v) is 5.43. The van der Waals surface area contributed by atoms with Crippen molar-refractivity contribution in [2.45, 2.75) is 19.4 Å². The summed E-state index contributed by atoms with van der Waals surface area (Å²) in [6, 6.07) is 6.43. The first-order chi connectivity index (χ1) is 7.49. The van der Waals surface area contributed by atoms with E-state index in [1.807, 2.05) is 13.8 Å². The number of para-hydroxylation sites is 1. The van der Waals surface area contributed by atoms with Crippen LogP contribution < -0.4 is 10.5 Å². The zero-order valence-electron chi connectivity index (χ0n) is 9.70. The molecule has 0 aliphatic heterocycles. The molecule has 16 heavy (non-hydrogen) atoms. The molecular formula is C12H18FNOS. The maximum Gasteiger partial charge on any atom is 0.165 e. The van der Waals surface area contributed by atoms with Gasteiger partial charge in [-0.1, -0.05) is 12.1 Å². The molecule has 0 radical (unpaired) electrons. The SMILES string of the molecule is CC(C)(N)CSCCOc1ccccc1F. The predicted molar refractivity (Wildman–Crippen MR) is 67.5 cm³/mol. The van der Waals surface area contributed by atoms with Crippen LogP contribution in [0.25, 0.3) is 0 Å². The molecule has 0 heterocycles. The smallest absolute Gasteiger partial charge is 0.165 e. The molecule has 0 amide bonds. The number of hydrogen-bond donors (Lipinski definition) is 1. The van der Waals surface area contributed by atoms with Crippen molar-refractivity contribution in [2.24, 2.45) is 5.73 Å². The summed E-state index contributed by atoms with van der Waals surface area (Å²) in [5, 5.41) is 0. The summed E-state index contributed by atoms with van der Waals surface area (Å²) in [6.07, 6.45) is 0. The van der Waals surface area contributed by atoms with Crippen LogP contribution in [-0.4, -0.2) is 23.7 Å². The van der Waals surface area contributed by atoms with Gasteiger partial charge in [0.2, 0.25) is 0 Å². The zero-order chi connectivity index (χ0) is 12.0. The Morgan fingerprint density at radius 3 is 2.69 bits per heavy atom. The average molecular weight is 243 g/mol. The number of ether oxygens (including phenoxy) is 1. The van der Waals surface area contributed by atoms with Crippen molar-refractivity contribution in [1.29, 1.82) is 0 Å². The van der Waals surface area contributed by atoms with Crippen LogP contribution in [0.5, 0.6) is 5.75 Å². The number of thioether (sulfide) groups is 1. The molecule has 4 heteroatoms. The number of hydrogen-bond acceptors (Lipinski definition) is 3. The maximum atomic E-state index is 13.1. The molecular weight excluding hydrogens is 225 g/mol. The highest BCUT2D eigenvalue weighted by molar-refractivity contribution is 7.99. The molecule has 1 aromatic rings. The van der Waals surface area contributed by atoms with Crippen molar-refractivity contribution in [3.05, 3.63) is 30.1 Å². The van der Waals surface area contributed by atoms with Crippen molar-refractivity contribution in [3.63, 3.8) is 0 Å². The zero-order valence-corrected chi connectivity index (χ0v) is 10.5. The van der Waals surface area contributed by atoms with E-state index in [0.29, 0.717) is 12.4 Å². The Kier molecular flexibility index (Phi) is 5.09. The van der Waals surface area contributed by atoms with E-state index in [2.05, 4.69) is 0 Å². The van der Waals surface area contributed by atoms with Crippen LogP contribution in [0.15, 0.2) is 24.3 Å². The van der Waals surface area contributed by atoms with Gasteiger partial charge in [0.25, 0.3) is 0 Å². The van der Waals surface area contributed by atoms with E-state index >= 15 is 0 Å². The van der Waals surface area contributed by atoms with E-state index in [9.17, 15) is 4.39 Å². The van der Waals surface area contributed by atoms with E-state index in [0.717, 1.165) is 11.5 Å². The van der Waals surface area contributed by atoms with Gasteiger partial charge in [0.05, 0.1) is 6.61 Å². The molecule has 0 saturated carbocycles. The molecule has 0 fully saturated rings. The summed E-state index contributed by atoms with van der Waals surface area (Å²) in [4.78, 5) is 0. The molecule has 0 aliphatic rings. The standard InChI is InChI=1S/C12H18FNOS/c1-12(2,14)9-16-8-7-15-11-6-4-3-5-10(11)13/h3-6H,7-9,14H2,1-2H3. The third-order valence-corrected chi connectivity index (χ3v) is 3.20. The lowest BCUT2D eigenvalue weighted by molar-refractivity contribution is 0.325. The highest BCUT2D eigenvalue weighted by atomic mass is 32.2. The molecule has 0 atom stereocenters. The minimum Gasteiger partial charge on any atom is -0.490 e. The monoisotopic (exact) mass is 243 g/mol. The Hall–Kier alpha value is -0.740. The number of rotatable bonds is 6. The summed E-state index contributed by atoms with van der Waals surface area (Å²) >= 11 is 1.71. The Bertz CT molecular complexity index is 325. The molecule has 0 bridgehead atoms. The Morgan fingerprint density at radius 2 is 2.06 bits per heavy atom. The Morgan fingerprint density at radius 1 is 1.38 bits per heavy atom. The number of nitrogens with two attached hydrogens (primary N) is 1. The average Bonchev–Trinajstić information content (AvgIpc) is 2.18. The Labute approximate surface area is 100 Å². The molecule has 0 aliphatic carbocycles. The van der Waals surface area contributed by atoms with E-state index in [4.69, 9.17) is 10.5 Å². The van der Waals surface area contributed by atoms with Crippen molar-refractivity contribution >= 4 is 11.8 Å². The van der Waals surface area contributed by atoms with Gasteiger partial charge in [-0.2, -0.15) is 11.8 Å². The maximum absolute atomic E-state index is 13.1. The fourth-order valence-electron chi connectivity index (χ4n) is 1.11. The number of benzene rings is 1. The lowest BCUT2D eigenvalue weighted by Crippen LogP contribution is -2.34. The Balaban J connectivity index is 2.19. The predicted octanol–water partition coefficient (Wildman–Crippen LogP) is 2.68. The second kappa shape index (κ2) is 6.11. The van der Waals surface area contributed by atoms with Crippen LogP contribution in [0.4, 0.5) is 4.39 Å². The normalized spacial score (nSPS) is 11.5. The van der Waals surface area contributed by atoms with Crippen molar-refractivity contribution in [3.8, 4) is 5.75 Å². The van der Waals surface area contributed by atoms with Crippen molar-refractivity contribution in [1.82, 2.24) is 0 Å². The first-order valence-electron chi connectivity index (χ1n) is 5.23. The molecule has 2 N–H and O–H groups in total. The van der Waals surface area contributed by atoms with E-state index in [-0.39, 0.29) is 11.4 Å². The van der Waals surface area contributed by atoms with Gasteiger partial charge in [0, 0.05) is 17.0 Å². The molecule has 1 rings (SSSR count). The molecule has 0 unspecified atom stereocenters. The van der Waals surface area contributed by atoms with Crippen molar-refractivity contribution in [2.75, 3.05) is 18.1 Å². The van der Waals surface area contributed by atoms with Gasteiger partial charge in [-0.25, -0.2) is 4.39 Å². The molecule has 2 nitrogen and oxygen atoms in total. The van der Waals surface area contributed by atoms with Gasteiger partial charge < -0.3 is 10.5 Å². The summed E-state index contributed by atoms with van der Waals surface area (Å²) in [5.41, 5.74) is 5.67. The molecule has 0 spiro atoms. The highest BCUT2D eigenvalue weighted by Crippen LogP contribution is 2.16. The van der Waals surface area contributed by atoms with Crippen molar-refractivity contribution < 1.29 is 9.13 Å². The first kappa shape index (κ1) is 13.3. The fourth-order valence-corrected chi connectivity index (χ4v) is 1.98. The van der Waals surface area contributed by atoms with Gasteiger partial charge >= 0.3 is 0 Å². The number of halogens is 1. The largest absolute Gasteiger partial charge is 0.490 e. The van der Waals surface area contributed by atoms with Gasteiger partial charge in [0.15, 0.2) is 11.6 Å². The third-order valence-electron chi connectivity index (χ3n) is 1.80. The van der Waals surface area contributed by atoms with Gasteiger partial charge in [-0.3, -0.25) is 0 Å². The lowest BCUT2D eigenvalue weighted by Gasteiger charge is -2.17. The van der Waals surface area contributed by atoms with Gasteiger partial charge in [-0.05, 0) is 26.0 Å². The topological polar surface area (TPSA) is 35.2 Å². The molecule has 0 aromatic heterocycles. The molecule has 1 aromatic carbocycles. The van der Waals surface area contributed by atoms with Gasteiger partial charge in [0.1, 0.15) is 0 Å². The summed E-state index contributed by atoms with van der Waals surface area (Å²) in [5.74, 6) is 1.68. The first-order valence-corrected chi connectivity index (χ1v) is 6.38. The molecule has 90 valence electrons. The highest BCUT2D eigenvalue weighted by Gasteiger charge is 2.09. The van der Waals surface area contributed by atoms with Crippen LogP contribution in [0.3, 0.4) is 0 Å². The van der Waals surface area contributed by atoms with Crippen LogP contribution in [-0.2, 0) is 0 Å². The van der Waals surface area contributed by atoms with E-state index in [1.165, 1.54) is 6.07 Å². The van der Waals surface area contributed by atoms with Gasteiger partial charge in [-0.15, -0.1) is 0 Å². The van der Waals surface area contributed by atoms with Crippen LogP contribution in [0.2, 0.25) is 0 Å². The summed E-state index contributed by atoms with van der Waals surface area (Å²) < 4.78 is 18.5. The molecule has 0 saturated heterocycles. The minimum absolute atomic E-state index is 0.164. The quantitative estimate of drug-likeness (QED) is 0.780. The summed E-state index contributed by atoms with van der Waals surface area (Å²) in [6.45, 7) is 4.47. The fraction of sp³-hybridized carbons (Fsp3) is 0.500. The van der Waals surface area contributed by atoms with E-state index in [1.54, 1.807) is 30.0 Å².